The minimum atomic E-state index is -0.816. The van der Waals surface area contributed by atoms with Crippen molar-refractivity contribution >= 4 is 16.9 Å². The molecule has 2 aromatic rings. The minimum Gasteiger partial charge on any atom is -0.480 e. The lowest BCUT2D eigenvalue weighted by Crippen LogP contribution is -2.43. The van der Waals surface area contributed by atoms with Gasteiger partial charge in [0.2, 0.25) is 0 Å². The number of carboxylic acid groups (broad SMARTS) is 1. The van der Waals surface area contributed by atoms with Crippen molar-refractivity contribution < 1.29 is 9.90 Å². The van der Waals surface area contributed by atoms with Gasteiger partial charge in [-0.3, -0.25) is 14.4 Å². The summed E-state index contributed by atoms with van der Waals surface area (Å²) in [5, 5.41) is 14.9. The Morgan fingerprint density at radius 3 is 2.57 bits per heavy atom. The molecule has 1 aromatic heterocycles. The van der Waals surface area contributed by atoms with Crippen LogP contribution in [-0.2, 0) is 17.9 Å². The second kappa shape index (κ2) is 5.85. The Labute approximate surface area is 125 Å². The molecule has 1 N–H and O–H groups in total. The largest absolute Gasteiger partial charge is 0.480 e. The van der Waals surface area contributed by atoms with Gasteiger partial charge in [0.15, 0.2) is 0 Å². The van der Waals surface area contributed by atoms with Crippen molar-refractivity contribution in [2.24, 2.45) is 0 Å². The first kappa shape index (κ1) is 15.5. The maximum Gasteiger partial charge on any atom is 0.317 e. The molecule has 5 nitrogen and oxygen atoms in total. The minimum absolute atomic E-state index is 0.0107. The molecule has 21 heavy (non-hydrogen) atoms. The monoisotopic (exact) mass is 289 g/mol. The summed E-state index contributed by atoms with van der Waals surface area (Å²) in [6.45, 7) is 9.47. The van der Waals surface area contributed by atoms with Crippen molar-refractivity contribution in [2.45, 2.75) is 46.3 Å². The van der Waals surface area contributed by atoms with Gasteiger partial charge >= 0.3 is 5.97 Å². The van der Waals surface area contributed by atoms with E-state index in [4.69, 9.17) is 5.11 Å². The summed E-state index contributed by atoms with van der Waals surface area (Å²) < 4.78 is 1.96. The molecule has 0 atom stereocenters. The third kappa shape index (κ3) is 3.42. The van der Waals surface area contributed by atoms with Gasteiger partial charge in [0, 0.05) is 24.0 Å². The van der Waals surface area contributed by atoms with Crippen LogP contribution in [0.25, 0.3) is 10.9 Å². The van der Waals surface area contributed by atoms with E-state index in [0.29, 0.717) is 6.54 Å². The summed E-state index contributed by atoms with van der Waals surface area (Å²) >= 11 is 0. The first-order chi connectivity index (χ1) is 9.82. The lowest BCUT2D eigenvalue weighted by atomic mass is 10.1. The molecule has 0 radical (unpaired) electrons. The number of aliphatic carboxylic acids is 1. The number of fused-ring (bicyclic) bond motifs is 1. The number of carboxylic acids is 1. The predicted octanol–water partition coefficient (Wildman–Crippen LogP) is 2.74. The van der Waals surface area contributed by atoms with E-state index in [9.17, 15) is 4.79 Å². The van der Waals surface area contributed by atoms with Crippen LogP contribution >= 0.6 is 0 Å². The SMILES string of the molecule is CCn1nc(CN(CC(=O)O)C(C)(C)C)c2ccccc21. The summed E-state index contributed by atoms with van der Waals surface area (Å²) in [6.07, 6.45) is 0. The summed E-state index contributed by atoms with van der Waals surface area (Å²) in [7, 11) is 0. The molecular formula is C16H23N3O2. The Balaban J connectivity index is 2.39. The van der Waals surface area contributed by atoms with E-state index in [0.717, 1.165) is 23.1 Å². The van der Waals surface area contributed by atoms with Crippen molar-refractivity contribution in [3.63, 3.8) is 0 Å². The Kier molecular flexibility index (Phi) is 4.32. The second-order valence-electron chi connectivity index (χ2n) is 6.20. The molecular weight excluding hydrogens is 266 g/mol. The van der Waals surface area contributed by atoms with Gasteiger partial charge in [-0.05, 0) is 33.8 Å². The number of aromatic nitrogens is 2. The number of carbonyl (C=O) groups is 1. The number of hydrogen-bond donors (Lipinski definition) is 1. The first-order valence-electron chi connectivity index (χ1n) is 7.24. The molecule has 0 spiro atoms. The average molecular weight is 289 g/mol. The summed E-state index contributed by atoms with van der Waals surface area (Å²) in [5.74, 6) is -0.816. The molecule has 0 amide bonds. The number of rotatable bonds is 5. The van der Waals surface area contributed by atoms with E-state index in [-0.39, 0.29) is 12.1 Å². The van der Waals surface area contributed by atoms with Crippen molar-refractivity contribution in [1.82, 2.24) is 14.7 Å². The number of benzene rings is 1. The number of para-hydroxylation sites is 1. The van der Waals surface area contributed by atoms with Gasteiger partial charge in [0.1, 0.15) is 0 Å². The molecule has 0 saturated heterocycles. The number of hydrogen-bond acceptors (Lipinski definition) is 3. The fraction of sp³-hybridized carbons (Fsp3) is 0.500. The van der Waals surface area contributed by atoms with Crippen LogP contribution in [-0.4, -0.2) is 37.8 Å². The van der Waals surface area contributed by atoms with Crippen molar-refractivity contribution in [1.29, 1.82) is 0 Å². The predicted molar refractivity (Wildman–Crippen MR) is 83.2 cm³/mol. The van der Waals surface area contributed by atoms with Gasteiger partial charge in [-0.25, -0.2) is 0 Å². The van der Waals surface area contributed by atoms with Gasteiger partial charge in [-0.1, -0.05) is 18.2 Å². The molecule has 0 aliphatic carbocycles. The normalized spacial score (nSPS) is 12.2. The maximum atomic E-state index is 11.1. The van der Waals surface area contributed by atoms with Crippen LogP contribution in [0, 0.1) is 0 Å². The van der Waals surface area contributed by atoms with E-state index < -0.39 is 5.97 Å². The molecule has 0 aliphatic heterocycles. The highest BCUT2D eigenvalue weighted by molar-refractivity contribution is 5.82. The van der Waals surface area contributed by atoms with Crippen LogP contribution in [0.4, 0.5) is 0 Å². The quantitative estimate of drug-likeness (QED) is 0.919. The number of aryl methyl sites for hydroxylation is 1. The summed E-state index contributed by atoms with van der Waals surface area (Å²) in [4.78, 5) is 13.0. The summed E-state index contributed by atoms with van der Waals surface area (Å²) in [6, 6.07) is 8.09. The third-order valence-electron chi connectivity index (χ3n) is 3.65. The molecule has 114 valence electrons. The zero-order valence-electron chi connectivity index (χ0n) is 13.1. The lowest BCUT2D eigenvalue weighted by molar-refractivity contribution is -0.139. The van der Waals surface area contributed by atoms with Crippen molar-refractivity contribution in [2.75, 3.05) is 6.54 Å². The zero-order chi connectivity index (χ0) is 15.6. The van der Waals surface area contributed by atoms with Gasteiger partial charge in [-0.2, -0.15) is 5.10 Å². The highest BCUT2D eigenvalue weighted by atomic mass is 16.4. The average Bonchev–Trinajstić information content (AvgIpc) is 2.75. The van der Waals surface area contributed by atoms with Crippen molar-refractivity contribution in [3.05, 3.63) is 30.0 Å². The number of nitrogens with zero attached hydrogens (tertiary/aromatic N) is 3. The van der Waals surface area contributed by atoms with Crippen LogP contribution in [0.15, 0.2) is 24.3 Å². The first-order valence-corrected chi connectivity index (χ1v) is 7.24. The van der Waals surface area contributed by atoms with Gasteiger partial charge in [0.25, 0.3) is 0 Å². The van der Waals surface area contributed by atoms with E-state index in [1.165, 1.54) is 0 Å². The van der Waals surface area contributed by atoms with E-state index in [1.54, 1.807) is 0 Å². The summed E-state index contributed by atoms with van der Waals surface area (Å²) in [5.41, 5.74) is 1.80. The Bertz CT molecular complexity index is 640. The smallest absolute Gasteiger partial charge is 0.317 e. The Morgan fingerprint density at radius 1 is 1.33 bits per heavy atom. The molecule has 0 fully saturated rings. The maximum absolute atomic E-state index is 11.1. The topological polar surface area (TPSA) is 58.4 Å². The molecule has 1 heterocycles. The van der Waals surface area contributed by atoms with Gasteiger partial charge in [-0.15, -0.1) is 0 Å². The van der Waals surface area contributed by atoms with Crippen LogP contribution in [0.5, 0.6) is 0 Å². The van der Waals surface area contributed by atoms with E-state index >= 15 is 0 Å². The highest BCUT2D eigenvalue weighted by Crippen LogP contribution is 2.23. The van der Waals surface area contributed by atoms with E-state index in [2.05, 4.69) is 12.0 Å². The zero-order valence-corrected chi connectivity index (χ0v) is 13.1. The molecule has 0 bridgehead atoms. The standard InChI is InChI=1S/C16H23N3O2/c1-5-19-14-9-7-6-8-12(14)13(17-19)10-18(11-15(20)21)16(2,3)4/h6-9H,5,10-11H2,1-4H3,(H,20,21). The van der Waals surface area contributed by atoms with Gasteiger partial charge < -0.3 is 5.11 Å². The van der Waals surface area contributed by atoms with Crippen LogP contribution in [0.3, 0.4) is 0 Å². The van der Waals surface area contributed by atoms with Crippen molar-refractivity contribution in [3.8, 4) is 0 Å². The molecule has 0 saturated carbocycles. The van der Waals surface area contributed by atoms with E-state index in [1.807, 2.05) is 54.6 Å². The fourth-order valence-corrected chi connectivity index (χ4v) is 2.43. The van der Waals surface area contributed by atoms with Crippen LogP contribution in [0.1, 0.15) is 33.4 Å². The molecule has 0 unspecified atom stereocenters. The highest BCUT2D eigenvalue weighted by Gasteiger charge is 2.25. The molecule has 1 aromatic carbocycles. The van der Waals surface area contributed by atoms with Crippen LogP contribution < -0.4 is 0 Å². The fourth-order valence-electron chi connectivity index (χ4n) is 2.43. The lowest BCUT2D eigenvalue weighted by Gasteiger charge is -2.33. The molecule has 5 heteroatoms. The third-order valence-corrected chi connectivity index (χ3v) is 3.65. The van der Waals surface area contributed by atoms with Crippen LogP contribution in [0.2, 0.25) is 0 Å². The molecule has 2 rings (SSSR count). The Hall–Kier alpha value is -1.88. The van der Waals surface area contributed by atoms with Gasteiger partial charge in [0.05, 0.1) is 17.8 Å². The second-order valence-corrected chi connectivity index (χ2v) is 6.20. The Morgan fingerprint density at radius 2 is 2.00 bits per heavy atom. The molecule has 0 aliphatic rings.